The zero-order valence-electron chi connectivity index (χ0n) is 23.0. The summed E-state index contributed by atoms with van der Waals surface area (Å²) in [5.74, 6) is 1.33. The van der Waals surface area contributed by atoms with Crippen LogP contribution in [0.1, 0.15) is 80.0 Å². The fourth-order valence-electron chi connectivity index (χ4n) is 3.62. The number of ether oxygens (including phenoxy) is 2. The van der Waals surface area contributed by atoms with Crippen molar-refractivity contribution in [2.75, 3.05) is 19.5 Å². The van der Waals surface area contributed by atoms with Crippen LogP contribution in [0.25, 0.3) is 21.9 Å². The van der Waals surface area contributed by atoms with E-state index in [0.29, 0.717) is 31.1 Å². The fourth-order valence-corrected chi connectivity index (χ4v) is 3.62. The van der Waals surface area contributed by atoms with Crippen LogP contribution < -0.4 is 11.1 Å². The molecule has 0 aliphatic heterocycles. The third-order valence-electron chi connectivity index (χ3n) is 5.46. The summed E-state index contributed by atoms with van der Waals surface area (Å²) in [6.07, 6.45) is 4.60. The fraction of sp³-hybridized carbons (Fsp3) is 0.630. The van der Waals surface area contributed by atoms with Gasteiger partial charge in [-0.25, -0.2) is 9.97 Å². The average molecular weight is 490 g/mol. The van der Waals surface area contributed by atoms with Crippen LogP contribution in [0, 0.1) is 0 Å². The van der Waals surface area contributed by atoms with Crippen LogP contribution >= 0.6 is 0 Å². The Bertz CT molecular complexity index is 1000. The summed E-state index contributed by atoms with van der Waals surface area (Å²) in [7, 11) is 1.72. The Labute approximate surface area is 211 Å². The summed E-state index contributed by atoms with van der Waals surface area (Å²) in [6, 6.07) is 5.20. The lowest BCUT2D eigenvalue weighted by molar-refractivity contribution is 0.0554. The van der Waals surface area contributed by atoms with Gasteiger partial charge in [-0.05, 0) is 38.5 Å². The topological polar surface area (TPSA) is 107 Å². The predicted molar refractivity (Wildman–Crippen MR) is 147 cm³/mol. The smallest absolute Gasteiger partial charge is 0.152 e. The second-order valence-electron chi connectivity index (χ2n) is 8.25. The maximum absolute atomic E-state index is 10.0. The summed E-state index contributed by atoms with van der Waals surface area (Å²) in [4.78, 5) is 9.19. The molecule has 0 saturated carbocycles. The molecule has 8 heteroatoms. The van der Waals surface area contributed by atoms with Crippen LogP contribution in [0.2, 0.25) is 0 Å². The van der Waals surface area contributed by atoms with Gasteiger partial charge in [0, 0.05) is 31.7 Å². The van der Waals surface area contributed by atoms with E-state index in [-0.39, 0.29) is 18.0 Å². The number of imidazole rings is 1. The average Bonchev–Trinajstić information content (AvgIpc) is 3.23. The lowest BCUT2D eigenvalue weighted by atomic mass is 10.1. The van der Waals surface area contributed by atoms with Crippen molar-refractivity contribution < 1.29 is 14.6 Å². The van der Waals surface area contributed by atoms with Gasteiger partial charge in [0.25, 0.3) is 0 Å². The van der Waals surface area contributed by atoms with E-state index in [1.54, 1.807) is 25.3 Å². The number of nitrogens with two attached hydrogens (primary N) is 1. The number of benzene rings is 1. The van der Waals surface area contributed by atoms with Crippen LogP contribution in [0.5, 0.6) is 5.75 Å². The number of aromatic nitrogens is 3. The predicted octanol–water partition coefficient (Wildman–Crippen LogP) is 5.99. The summed E-state index contributed by atoms with van der Waals surface area (Å²) >= 11 is 0. The van der Waals surface area contributed by atoms with Crippen molar-refractivity contribution in [3.05, 3.63) is 24.0 Å². The second kappa shape index (κ2) is 16.3. The molecule has 3 aromatic rings. The molecule has 8 nitrogen and oxygen atoms in total. The highest BCUT2D eigenvalue weighted by atomic mass is 16.5. The number of nitrogens with one attached hydrogen (secondary N) is 1. The first-order valence-corrected chi connectivity index (χ1v) is 13.0. The van der Waals surface area contributed by atoms with Gasteiger partial charge >= 0.3 is 0 Å². The maximum atomic E-state index is 10.0. The highest BCUT2D eigenvalue weighted by Crippen LogP contribution is 2.31. The minimum absolute atomic E-state index is 0.00680. The number of anilines is 1. The highest BCUT2D eigenvalue weighted by molar-refractivity contribution is 6.07. The molecule has 2 aromatic heterocycles. The number of pyridine rings is 1. The molecule has 3 rings (SSSR count). The van der Waals surface area contributed by atoms with Gasteiger partial charge in [0.2, 0.25) is 0 Å². The van der Waals surface area contributed by atoms with Crippen LogP contribution in [0.4, 0.5) is 5.82 Å². The standard InChI is InChI=1S/C21H31N5O3.C4H10.C2H6/c1-5-7-18(28-4)23-13(3)11-26-17(12-29-6-2)25-19-20(26)15-10-14(27)8-9-16(15)24-21(19)22;1-3-4-2;1-2/h8-10,13,18,23,27H,5-7,11-12H2,1-4H3,(H2,22,24);3-4H2,1-2H3;1-2H3. The Morgan fingerprint density at radius 1 is 1.09 bits per heavy atom. The number of rotatable bonds is 11. The van der Waals surface area contributed by atoms with Crippen molar-refractivity contribution in [2.24, 2.45) is 0 Å². The van der Waals surface area contributed by atoms with Gasteiger partial charge in [0.1, 0.15) is 29.9 Å². The van der Waals surface area contributed by atoms with Gasteiger partial charge in [0.15, 0.2) is 5.82 Å². The van der Waals surface area contributed by atoms with Gasteiger partial charge < -0.3 is 24.9 Å². The Kier molecular flexibility index (Phi) is 14.2. The first-order chi connectivity index (χ1) is 16.9. The number of phenolic OH excluding ortho intramolecular Hbond substituents is 1. The summed E-state index contributed by atoms with van der Waals surface area (Å²) in [5.41, 5.74) is 8.42. The van der Waals surface area contributed by atoms with Crippen LogP contribution in [0.3, 0.4) is 0 Å². The highest BCUT2D eigenvalue weighted by Gasteiger charge is 2.20. The van der Waals surface area contributed by atoms with Crippen LogP contribution in [0.15, 0.2) is 18.2 Å². The third kappa shape index (κ3) is 8.63. The number of fused-ring (bicyclic) bond motifs is 3. The Morgan fingerprint density at radius 2 is 1.77 bits per heavy atom. The van der Waals surface area contributed by atoms with E-state index in [1.807, 2.05) is 20.8 Å². The summed E-state index contributed by atoms with van der Waals surface area (Å²) in [5, 5.41) is 14.4. The molecular formula is C27H47N5O3. The van der Waals surface area contributed by atoms with E-state index >= 15 is 0 Å². The normalized spacial score (nSPS) is 12.6. The number of nitrogen functional groups attached to an aromatic ring is 1. The number of hydrogen-bond donors (Lipinski definition) is 3. The molecule has 2 unspecified atom stereocenters. The molecule has 198 valence electrons. The number of unbranched alkanes of at least 4 members (excludes halogenated alkanes) is 1. The molecule has 0 fully saturated rings. The minimum Gasteiger partial charge on any atom is -0.508 e. The number of methoxy groups -OCH3 is 1. The largest absolute Gasteiger partial charge is 0.508 e. The van der Waals surface area contributed by atoms with Gasteiger partial charge in [0.05, 0.1) is 11.0 Å². The zero-order valence-corrected chi connectivity index (χ0v) is 23.0. The Balaban J connectivity index is 0.000000926. The SMILES string of the molecule is CC.CCCC.CCCC(NC(C)Cn1c(COCC)nc2c(N)nc3ccc(O)cc3c21)OC. The van der Waals surface area contributed by atoms with Crippen molar-refractivity contribution in [2.45, 2.75) is 99.6 Å². The Hall–Kier alpha value is -2.42. The quantitative estimate of drug-likeness (QED) is 0.284. The maximum Gasteiger partial charge on any atom is 0.152 e. The lowest BCUT2D eigenvalue weighted by Gasteiger charge is -2.23. The van der Waals surface area contributed by atoms with Gasteiger partial charge in [-0.15, -0.1) is 0 Å². The number of phenols is 1. The van der Waals surface area contributed by atoms with Crippen LogP contribution in [-0.2, 0) is 22.6 Å². The lowest BCUT2D eigenvalue weighted by Crippen LogP contribution is -2.40. The molecule has 0 radical (unpaired) electrons. The number of hydrogen-bond acceptors (Lipinski definition) is 7. The molecule has 0 aliphatic carbocycles. The molecule has 0 saturated heterocycles. The monoisotopic (exact) mass is 489 g/mol. The molecular weight excluding hydrogens is 442 g/mol. The molecule has 1 aromatic carbocycles. The van der Waals surface area contributed by atoms with Crippen molar-refractivity contribution in [1.29, 1.82) is 0 Å². The first kappa shape index (κ1) is 30.6. The summed E-state index contributed by atoms with van der Waals surface area (Å²) in [6.45, 7) is 16.2. The molecule has 4 N–H and O–H groups in total. The van der Waals surface area contributed by atoms with Crippen molar-refractivity contribution in [3.63, 3.8) is 0 Å². The molecule has 2 atom stereocenters. The number of aromatic hydroxyl groups is 1. The molecule has 0 spiro atoms. The first-order valence-electron chi connectivity index (χ1n) is 13.0. The molecule has 0 bridgehead atoms. The molecule has 0 aliphatic rings. The third-order valence-corrected chi connectivity index (χ3v) is 5.46. The second-order valence-corrected chi connectivity index (χ2v) is 8.25. The summed E-state index contributed by atoms with van der Waals surface area (Å²) < 4.78 is 13.3. The van der Waals surface area contributed by atoms with E-state index in [0.717, 1.165) is 35.1 Å². The van der Waals surface area contributed by atoms with Gasteiger partial charge in [-0.1, -0.05) is 53.9 Å². The van der Waals surface area contributed by atoms with E-state index < -0.39 is 0 Å². The van der Waals surface area contributed by atoms with E-state index in [2.05, 4.69) is 42.6 Å². The van der Waals surface area contributed by atoms with Gasteiger partial charge in [-0.2, -0.15) is 0 Å². The Morgan fingerprint density at radius 3 is 2.34 bits per heavy atom. The van der Waals surface area contributed by atoms with E-state index in [1.165, 1.54) is 12.8 Å². The van der Waals surface area contributed by atoms with Crippen LogP contribution in [-0.4, -0.2) is 45.6 Å². The van der Waals surface area contributed by atoms with Crippen molar-refractivity contribution in [1.82, 2.24) is 19.9 Å². The molecule has 2 heterocycles. The molecule has 35 heavy (non-hydrogen) atoms. The van der Waals surface area contributed by atoms with E-state index in [4.69, 9.17) is 20.2 Å². The minimum atomic E-state index is -0.00680. The zero-order chi connectivity index (χ0) is 26.4. The molecule has 0 amide bonds. The number of nitrogens with zero attached hydrogens (tertiary/aromatic N) is 3. The van der Waals surface area contributed by atoms with Crippen molar-refractivity contribution in [3.8, 4) is 5.75 Å². The van der Waals surface area contributed by atoms with E-state index in [9.17, 15) is 5.11 Å². The van der Waals surface area contributed by atoms with Gasteiger partial charge in [-0.3, -0.25) is 5.32 Å². The van der Waals surface area contributed by atoms with Crippen molar-refractivity contribution >= 4 is 27.8 Å².